The molecule has 0 spiro atoms. The maximum absolute atomic E-state index is 15.4. The van der Waals surface area contributed by atoms with Crippen LogP contribution in [0.1, 0.15) is 47.3 Å². The third-order valence-corrected chi connectivity index (χ3v) is 5.29. The number of imide groups is 1. The van der Waals surface area contributed by atoms with Crippen molar-refractivity contribution in [3.8, 4) is 11.3 Å². The van der Waals surface area contributed by atoms with Crippen molar-refractivity contribution in [3.63, 3.8) is 0 Å². The van der Waals surface area contributed by atoms with Crippen LogP contribution in [0.15, 0.2) is 24.3 Å². The van der Waals surface area contributed by atoms with E-state index in [-0.39, 0.29) is 41.3 Å². The zero-order chi connectivity index (χ0) is 20.2. The topological polar surface area (TPSA) is 105 Å². The number of carbonyl (C=O) groups excluding carboxylic acids is 3. The van der Waals surface area contributed by atoms with Gasteiger partial charge in [-0.1, -0.05) is 0 Å². The summed E-state index contributed by atoms with van der Waals surface area (Å²) in [6, 6.07) is 5.02. The second-order valence-corrected chi connectivity index (χ2v) is 7.20. The number of hydrogen-bond donors (Lipinski definition) is 2. The molecule has 0 bridgehead atoms. The number of amides is 3. The molecule has 2 aliphatic rings. The lowest BCUT2D eigenvalue weighted by Crippen LogP contribution is -2.53. The van der Waals surface area contributed by atoms with Crippen LogP contribution in [-0.4, -0.2) is 33.6 Å². The van der Waals surface area contributed by atoms with E-state index in [4.69, 9.17) is 5.73 Å². The summed E-state index contributed by atoms with van der Waals surface area (Å²) >= 11 is 0. The number of nitrogens with zero attached hydrogens (tertiary/aromatic N) is 2. The smallest absolute Gasteiger partial charge is 0.255 e. The van der Waals surface area contributed by atoms with Crippen LogP contribution in [0.5, 0.6) is 0 Å². The van der Waals surface area contributed by atoms with Crippen LogP contribution >= 0.6 is 0 Å². The third-order valence-electron chi connectivity index (χ3n) is 5.29. The average Bonchev–Trinajstić information content (AvgIpc) is 2.86. The number of aryl methyl sites for hydroxylation is 1. The van der Waals surface area contributed by atoms with E-state index in [1.807, 2.05) is 6.92 Å². The van der Waals surface area contributed by atoms with Crippen molar-refractivity contribution in [2.45, 2.75) is 38.8 Å². The molecule has 3 amide bonds. The predicted molar refractivity (Wildman–Crippen MR) is 99.5 cm³/mol. The quantitative estimate of drug-likeness (QED) is 0.774. The molecular formula is C20H19FN4O3. The summed E-state index contributed by atoms with van der Waals surface area (Å²) in [6.45, 7) is 3.52. The molecule has 4 rings (SSSR count). The Kier molecular flexibility index (Phi) is 4.14. The highest BCUT2D eigenvalue weighted by Gasteiger charge is 2.44. The highest BCUT2D eigenvalue weighted by molar-refractivity contribution is 6.06. The van der Waals surface area contributed by atoms with Crippen LogP contribution in [0.2, 0.25) is 0 Å². The number of nitrogens with two attached hydrogens (primary N) is 1. The Bertz CT molecular complexity index is 1020. The van der Waals surface area contributed by atoms with Crippen LogP contribution in [0.3, 0.4) is 0 Å². The number of aromatic nitrogens is 1. The molecule has 144 valence electrons. The van der Waals surface area contributed by atoms with Gasteiger partial charge in [-0.15, -0.1) is 0 Å². The van der Waals surface area contributed by atoms with Crippen molar-refractivity contribution < 1.29 is 18.8 Å². The van der Waals surface area contributed by atoms with Gasteiger partial charge in [-0.25, -0.2) is 9.37 Å². The number of rotatable bonds is 2. The SMILES string of the molecule is Cc1cc(N)nc(-c2ccc3c(c2F)[C@@H](C)N(C2CCC(=O)NC2=O)C3=O)c1. The number of nitrogens with one attached hydrogen (secondary N) is 1. The molecule has 1 aromatic carbocycles. The first-order valence-electron chi connectivity index (χ1n) is 9.01. The fraction of sp³-hybridized carbons (Fsp3) is 0.300. The van der Waals surface area contributed by atoms with Gasteiger partial charge in [0, 0.05) is 23.1 Å². The molecule has 2 aliphatic heterocycles. The van der Waals surface area contributed by atoms with Crippen molar-refractivity contribution in [2.75, 3.05) is 5.73 Å². The Morgan fingerprint density at radius 2 is 1.93 bits per heavy atom. The first-order valence-corrected chi connectivity index (χ1v) is 9.01. The lowest BCUT2D eigenvalue weighted by Gasteiger charge is -2.32. The molecule has 2 aromatic rings. The summed E-state index contributed by atoms with van der Waals surface area (Å²) < 4.78 is 15.4. The van der Waals surface area contributed by atoms with E-state index in [2.05, 4.69) is 10.3 Å². The molecule has 0 radical (unpaired) electrons. The third kappa shape index (κ3) is 2.72. The average molecular weight is 382 g/mol. The van der Waals surface area contributed by atoms with Crippen molar-refractivity contribution >= 4 is 23.5 Å². The summed E-state index contributed by atoms with van der Waals surface area (Å²) in [5.74, 6) is -1.58. The lowest BCUT2D eigenvalue weighted by molar-refractivity contribution is -0.137. The zero-order valence-electron chi connectivity index (χ0n) is 15.5. The van der Waals surface area contributed by atoms with Gasteiger partial charge in [0.15, 0.2) is 0 Å². The first-order chi connectivity index (χ1) is 13.3. The second kappa shape index (κ2) is 6.40. The van der Waals surface area contributed by atoms with Crippen molar-refractivity contribution in [2.24, 2.45) is 0 Å². The molecule has 28 heavy (non-hydrogen) atoms. The summed E-state index contributed by atoms with van der Waals surface area (Å²) in [7, 11) is 0. The van der Waals surface area contributed by atoms with Gasteiger partial charge in [-0.05, 0) is 50.1 Å². The van der Waals surface area contributed by atoms with E-state index < -0.39 is 29.7 Å². The molecule has 1 fully saturated rings. The summed E-state index contributed by atoms with van der Waals surface area (Å²) in [5.41, 5.74) is 7.72. The van der Waals surface area contributed by atoms with Crippen LogP contribution in [-0.2, 0) is 9.59 Å². The molecule has 0 saturated carbocycles. The van der Waals surface area contributed by atoms with Gasteiger partial charge >= 0.3 is 0 Å². The maximum atomic E-state index is 15.4. The Morgan fingerprint density at radius 3 is 2.61 bits per heavy atom. The number of pyridine rings is 1. The number of nitrogen functional groups attached to an aromatic ring is 1. The zero-order valence-corrected chi connectivity index (χ0v) is 15.5. The van der Waals surface area contributed by atoms with Gasteiger partial charge < -0.3 is 10.6 Å². The highest BCUT2D eigenvalue weighted by Crippen LogP contribution is 2.40. The normalized spacial score (nSPS) is 21.7. The molecule has 7 nitrogen and oxygen atoms in total. The summed E-state index contributed by atoms with van der Waals surface area (Å²) in [6.07, 6.45) is 0.364. The van der Waals surface area contributed by atoms with E-state index in [1.54, 1.807) is 25.1 Å². The number of piperidine rings is 1. The number of hydrogen-bond acceptors (Lipinski definition) is 5. The fourth-order valence-electron chi connectivity index (χ4n) is 4.03. The molecule has 3 N–H and O–H groups in total. The van der Waals surface area contributed by atoms with Crippen LogP contribution in [0, 0.1) is 12.7 Å². The Labute approximate surface area is 160 Å². The monoisotopic (exact) mass is 382 g/mol. The van der Waals surface area contributed by atoms with Crippen LogP contribution < -0.4 is 11.1 Å². The first kappa shape index (κ1) is 18.1. The standard InChI is InChI=1S/C20H19FN4O3/c1-9-7-13(23-15(22)8-9)11-3-4-12-17(18(11)21)10(2)25(20(12)28)14-5-6-16(26)24-19(14)27/h3-4,7-8,10,14H,5-6H2,1-2H3,(H2,22,23)(H,24,26,27)/t10-,14?/m1/s1. The largest absolute Gasteiger partial charge is 0.384 e. The number of anilines is 1. The highest BCUT2D eigenvalue weighted by atomic mass is 19.1. The Morgan fingerprint density at radius 1 is 1.21 bits per heavy atom. The maximum Gasteiger partial charge on any atom is 0.255 e. The number of fused-ring (bicyclic) bond motifs is 1. The van der Waals surface area contributed by atoms with E-state index in [9.17, 15) is 14.4 Å². The van der Waals surface area contributed by atoms with E-state index in [0.717, 1.165) is 5.56 Å². The number of carbonyl (C=O) groups is 3. The molecule has 1 saturated heterocycles. The van der Waals surface area contributed by atoms with E-state index in [0.29, 0.717) is 5.69 Å². The minimum atomic E-state index is -0.803. The van der Waals surface area contributed by atoms with Gasteiger partial charge in [0.2, 0.25) is 11.8 Å². The number of benzene rings is 1. The molecule has 1 unspecified atom stereocenters. The van der Waals surface area contributed by atoms with Gasteiger partial charge in [0.25, 0.3) is 5.91 Å². The lowest BCUT2D eigenvalue weighted by atomic mass is 9.98. The van der Waals surface area contributed by atoms with Crippen LogP contribution in [0.4, 0.5) is 10.2 Å². The summed E-state index contributed by atoms with van der Waals surface area (Å²) in [4.78, 5) is 42.1. The van der Waals surface area contributed by atoms with Crippen molar-refractivity contribution in [1.29, 1.82) is 0 Å². The number of halogens is 1. The molecular weight excluding hydrogens is 363 g/mol. The van der Waals surface area contributed by atoms with Crippen molar-refractivity contribution in [1.82, 2.24) is 15.2 Å². The predicted octanol–water partition coefficient (Wildman–Crippen LogP) is 2.10. The summed E-state index contributed by atoms with van der Waals surface area (Å²) in [5, 5.41) is 2.25. The minimum absolute atomic E-state index is 0.142. The molecule has 0 aliphatic carbocycles. The molecule has 2 atom stereocenters. The van der Waals surface area contributed by atoms with Crippen molar-refractivity contribution in [3.05, 3.63) is 46.8 Å². The molecule has 3 heterocycles. The van der Waals surface area contributed by atoms with Gasteiger partial charge in [-0.2, -0.15) is 0 Å². The van der Waals surface area contributed by atoms with Gasteiger partial charge in [0.1, 0.15) is 17.7 Å². The second-order valence-electron chi connectivity index (χ2n) is 7.20. The fourth-order valence-corrected chi connectivity index (χ4v) is 4.03. The van der Waals surface area contributed by atoms with E-state index >= 15 is 4.39 Å². The van der Waals surface area contributed by atoms with Crippen LogP contribution in [0.25, 0.3) is 11.3 Å². The van der Waals surface area contributed by atoms with Gasteiger partial charge in [-0.3, -0.25) is 19.7 Å². The molecule has 8 heteroatoms. The minimum Gasteiger partial charge on any atom is -0.384 e. The molecule has 1 aromatic heterocycles. The van der Waals surface area contributed by atoms with E-state index in [1.165, 1.54) is 11.0 Å². The Balaban J connectivity index is 1.77. The van der Waals surface area contributed by atoms with Gasteiger partial charge in [0.05, 0.1) is 11.7 Å². The Hall–Kier alpha value is -3.29.